The van der Waals surface area contributed by atoms with Crippen molar-refractivity contribution < 1.29 is 14.0 Å². The number of rotatable bonds is 2. The van der Waals surface area contributed by atoms with E-state index in [1.807, 2.05) is 19.1 Å². The second kappa shape index (κ2) is 5.87. The zero-order valence-electron chi connectivity index (χ0n) is 15.0. The molecule has 0 saturated carbocycles. The molecule has 0 fully saturated rings. The summed E-state index contributed by atoms with van der Waals surface area (Å²) in [6.07, 6.45) is 1.54. The highest BCUT2D eigenvalue weighted by molar-refractivity contribution is 6.35. The van der Waals surface area contributed by atoms with Crippen LogP contribution in [-0.4, -0.2) is 16.7 Å². The summed E-state index contributed by atoms with van der Waals surface area (Å²) in [4.78, 5) is 28.3. The number of fused-ring (bicyclic) bond motifs is 3. The first-order chi connectivity index (χ1) is 13.5. The van der Waals surface area contributed by atoms with Gasteiger partial charge in [0.2, 0.25) is 5.66 Å². The lowest BCUT2D eigenvalue weighted by atomic mass is 9.92. The van der Waals surface area contributed by atoms with Gasteiger partial charge in [-0.15, -0.1) is 0 Å². The average Bonchev–Trinajstić information content (AvgIpc) is 3.27. The molecule has 28 heavy (non-hydrogen) atoms. The Balaban J connectivity index is 1.77. The second-order valence-electron chi connectivity index (χ2n) is 6.98. The molecular formula is C21H16ClN3O3. The van der Waals surface area contributed by atoms with Crippen molar-refractivity contribution in [2.75, 3.05) is 10.6 Å². The number of hydrogen-bond acceptors (Lipinski definition) is 4. The molecule has 0 saturated heterocycles. The van der Waals surface area contributed by atoms with Crippen LogP contribution in [0.1, 0.15) is 27.2 Å². The highest BCUT2D eigenvalue weighted by atomic mass is 35.5. The SMILES string of the molecule is Cc1cc(Cl)c2c(c1)C1(Nc3ccccc3C(=O)N1Cc1ccco1)C(=O)N2. The maximum absolute atomic E-state index is 13.5. The minimum absolute atomic E-state index is 0.131. The van der Waals surface area contributed by atoms with Gasteiger partial charge in [-0.3, -0.25) is 14.5 Å². The number of halogens is 1. The number of hydrogen-bond donors (Lipinski definition) is 2. The molecule has 2 aromatic carbocycles. The molecule has 6 nitrogen and oxygen atoms in total. The van der Waals surface area contributed by atoms with E-state index in [0.29, 0.717) is 33.3 Å². The van der Waals surface area contributed by atoms with E-state index in [4.69, 9.17) is 16.0 Å². The van der Waals surface area contributed by atoms with Crippen molar-refractivity contribution >= 4 is 34.8 Å². The predicted molar refractivity (Wildman–Crippen MR) is 105 cm³/mol. The fraction of sp³-hybridized carbons (Fsp3) is 0.143. The molecule has 0 aliphatic carbocycles. The molecule has 0 bridgehead atoms. The first-order valence-corrected chi connectivity index (χ1v) is 9.22. The fourth-order valence-electron chi connectivity index (χ4n) is 3.96. The number of amides is 2. The van der Waals surface area contributed by atoms with E-state index in [1.165, 1.54) is 4.90 Å². The topological polar surface area (TPSA) is 74.6 Å². The van der Waals surface area contributed by atoms with Crippen molar-refractivity contribution in [3.63, 3.8) is 0 Å². The summed E-state index contributed by atoms with van der Waals surface area (Å²) in [6.45, 7) is 2.03. The average molecular weight is 394 g/mol. The summed E-state index contributed by atoms with van der Waals surface area (Å²) in [6, 6.07) is 14.3. The van der Waals surface area contributed by atoms with Gasteiger partial charge in [0.25, 0.3) is 11.8 Å². The zero-order chi connectivity index (χ0) is 19.5. The van der Waals surface area contributed by atoms with Gasteiger partial charge in [-0.05, 0) is 48.9 Å². The van der Waals surface area contributed by atoms with E-state index in [9.17, 15) is 9.59 Å². The molecule has 2 N–H and O–H groups in total. The Hall–Kier alpha value is -3.25. The van der Waals surface area contributed by atoms with Gasteiger partial charge < -0.3 is 15.1 Å². The van der Waals surface area contributed by atoms with E-state index in [1.54, 1.807) is 42.7 Å². The predicted octanol–water partition coefficient (Wildman–Crippen LogP) is 4.11. The quantitative estimate of drug-likeness (QED) is 0.687. The molecule has 7 heteroatoms. The molecule has 140 valence electrons. The van der Waals surface area contributed by atoms with Gasteiger partial charge in [-0.1, -0.05) is 23.7 Å². The van der Waals surface area contributed by atoms with Gasteiger partial charge in [0.05, 0.1) is 29.1 Å². The molecule has 1 unspecified atom stereocenters. The summed E-state index contributed by atoms with van der Waals surface area (Å²) in [5.74, 6) is -0.0373. The summed E-state index contributed by atoms with van der Waals surface area (Å²) in [7, 11) is 0. The van der Waals surface area contributed by atoms with Crippen molar-refractivity contribution in [1.82, 2.24) is 4.90 Å². The molecular weight excluding hydrogens is 378 g/mol. The third-order valence-corrected chi connectivity index (χ3v) is 5.51. The summed E-state index contributed by atoms with van der Waals surface area (Å²) in [5, 5.41) is 6.61. The third kappa shape index (κ3) is 2.21. The van der Waals surface area contributed by atoms with E-state index < -0.39 is 5.66 Å². The number of para-hydroxylation sites is 1. The Labute approximate surface area is 166 Å². The normalized spacial score (nSPS) is 20.0. The number of aryl methyl sites for hydroxylation is 1. The number of nitrogens with zero attached hydrogens (tertiary/aromatic N) is 1. The van der Waals surface area contributed by atoms with Gasteiger partial charge in [-0.2, -0.15) is 0 Å². The molecule has 3 aromatic rings. The number of carbonyl (C=O) groups is 2. The molecule has 5 rings (SSSR count). The number of carbonyl (C=O) groups excluding carboxylic acids is 2. The lowest BCUT2D eigenvalue weighted by Crippen LogP contribution is -2.60. The van der Waals surface area contributed by atoms with Crippen LogP contribution in [0.4, 0.5) is 11.4 Å². The van der Waals surface area contributed by atoms with Crippen molar-refractivity contribution in [1.29, 1.82) is 0 Å². The number of benzene rings is 2. The van der Waals surface area contributed by atoms with Crippen molar-refractivity contribution in [3.05, 3.63) is 82.3 Å². The van der Waals surface area contributed by atoms with Crippen LogP contribution in [0.15, 0.2) is 59.2 Å². The van der Waals surface area contributed by atoms with Crippen LogP contribution >= 0.6 is 11.6 Å². The molecule has 0 radical (unpaired) electrons. The van der Waals surface area contributed by atoms with Crippen LogP contribution in [0.2, 0.25) is 5.02 Å². The van der Waals surface area contributed by atoms with Gasteiger partial charge in [-0.25, -0.2) is 0 Å². The van der Waals surface area contributed by atoms with Gasteiger partial charge >= 0.3 is 0 Å². The molecule has 1 spiro atoms. The highest BCUT2D eigenvalue weighted by Gasteiger charge is 2.57. The zero-order valence-corrected chi connectivity index (χ0v) is 15.7. The molecule has 3 heterocycles. The third-order valence-electron chi connectivity index (χ3n) is 5.21. The lowest BCUT2D eigenvalue weighted by Gasteiger charge is -2.44. The minimum Gasteiger partial charge on any atom is -0.467 e. The first kappa shape index (κ1) is 16.9. The second-order valence-corrected chi connectivity index (χ2v) is 7.38. The Morgan fingerprint density at radius 2 is 1.96 bits per heavy atom. The van der Waals surface area contributed by atoms with Crippen molar-refractivity contribution in [2.24, 2.45) is 0 Å². The number of nitrogens with one attached hydrogen (secondary N) is 2. The maximum Gasteiger partial charge on any atom is 0.276 e. The van der Waals surface area contributed by atoms with E-state index in [2.05, 4.69) is 10.6 Å². The van der Waals surface area contributed by atoms with Crippen LogP contribution in [0, 0.1) is 6.92 Å². The Morgan fingerprint density at radius 3 is 2.75 bits per heavy atom. The summed E-state index contributed by atoms with van der Waals surface area (Å²) in [5.41, 5.74) is 1.72. The van der Waals surface area contributed by atoms with E-state index in [-0.39, 0.29) is 18.4 Å². The van der Waals surface area contributed by atoms with E-state index in [0.717, 1.165) is 5.56 Å². The Bertz CT molecular complexity index is 1130. The standard InChI is InChI=1S/C21H16ClN3O3/c1-12-9-15-18(16(22)10-12)23-20(27)21(15)24-17-7-3-2-6-14(17)19(26)25(21)11-13-5-4-8-28-13/h2-10,24H,11H2,1H3,(H,23,27). The Morgan fingerprint density at radius 1 is 1.14 bits per heavy atom. The molecule has 2 amide bonds. The van der Waals surface area contributed by atoms with Gasteiger partial charge in [0, 0.05) is 11.3 Å². The van der Waals surface area contributed by atoms with Gasteiger partial charge in [0.15, 0.2) is 0 Å². The number of anilines is 2. The monoisotopic (exact) mass is 393 g/mol. The lowest BCUT2D eigenvalue weighted by molar-refractivity contribution is -0.125. The molecule has 2 aliphatic rings. The summed E-state index contributed by atoms with van der Waals surface area (Å²) < 4.78 is 5.47. The van der Waals surface area contributed by atoms with Crippen LogP contribution in [0.3, 0.4) is 0 Å². The largest absolute Gasteiger partial charge is 0.467 e. The summed E-state index contributed by atoms with van der Waals surface area (Å²) >= 11 is 6.41. The van der Waals surface area contributed by atoms with Gasteiger partial charge in [0.1, 0.15) is 5.76 Å². The molecule has 1 atom stereocenters. The smallest absolute Gasteiger partial charge is 0.276 e. The highest BCUT2D eigenvalue weighted by Crippen LogP contribution is 2.48. The Kier molecular flexibility index (Phi) is 3.54. The van der Waals surface area contributed by atoms with Crippen LogP contribution in [0.25, 0.3) is 0 Å². The van der Waals surface area contributed by atoms with Crippen LogP contribution in [0.5, 0.6) is 0 Å². The first-order valence-electron chi connectivity index (χ1n) is 8.84. The van der Waals surface area contributed by atoms with E-state index >= 15 is 0 Å². The minimum atomic E-state index is -1.41. The van der Waals surface area contributed by atoms with Crippen LogP contribution < -0.4 is 10.6 Å². The molecule has 2 aliphatic heterocycles. The molecule has 1 aromatic heterocycles. The number of furan rings is 1. The maximum atomic E-state index is 13.5. The van der Waals surface area contributed by atoms with Crippen molar-refractivity contribution in [3.8, 4) is 0 Å². The van der Waals surface area contributed by atoms with Crippen molar-refractivity contribution in [2.45, 2.75) is 19.1 Å². The fourth-order valence-corrected chi connectivity index (χ4v) is 4.28. The van der Waals surface area contributed by atoms with Crippen LogP contribution in [-0.2, 0) is 17.0 Å².